The second-order valence-corrected chi connectivity index (χ2v) is 7.03. The van der Waals surface area contributed by atoms with Crippen LogP contribution in [0.15, 0.2) is 24.3 Å². The maximum atomic E-state index is 12.1. The van der Waals surface area contributed by atoms with Gasteiger partial charge in [0.2, 0.25) is 5.91 Å². The number of ether oxygens (including phenoxy) is 1. The Bertz CT molecular complexity index is 552. The van der Waals surface area contributed by atoms with Crippen LogP contribution in [-0.4, -0.2) is 56.7 Å². The maximum absolute atomic E-state index is 12.1. The van der Waals surface area contributed by atoms with Crippen LogP contribution in [0.4, 0.5) is 0 Å². The normalized spacial score (nSPS) is 18.3. The monoisotopic (exact) mass is 423 g/mol. The van der Waals surface area contributed by atoms with Crippen molar-refractivity contribution < 1.29 is 9.53 Å². The largest absolute Gasteiger partial charge is 0.379 e. The SMILES string of the molecule is Cl.Cl.O=C(CNCC1CC1)NCC(c1cccc(Cl)c1)N1CCOCC1. The molecule has 0 radical (unpaired) electrons. The Morgan fingerprint density at radius 3 is 2.65 bits per heavy atom. The molecule has 0 spiro atoms. The zero-order chi connectivity index (χ0) is 16.8. The smallest absolute Gasteiger partial charge is 0.234 e. The highest BCUT2D eigenvalue weighted by atomic mass is 35.5. The first-order valence-electron chi connectivity index (χ1n) is 8.77. The number of amides is 1. The number of benzene rings is 1. The molecule has 1 saturated carbocycles. The van der Waals surface area contributed by atoms with Crippen LogP contribution in [-0.2, 0) is 9.53 Å². The molecule has 5 nitrogen and oxygen atoms in total. The summed E-state index contributed by atoms with van der Waals surface area (Å²) in [7, 11) is 0. The number of nitrogens with zero attached hydrogens (tertiary/aromatic N) is 1. The quantitative estimate of drug-likeness (QED) is 0.674. The summed E-state index contributed by atoms with van der Waals surface area (Å²) in [6.07, 6.45) is 2.59. The Morgan fingerprint density at radius 1 is 1.27 bits per heavy atom. The van der Waals surface area contributed by atoms with Gasteiger partial charge in [0.15, 0.2) is 0 Å². The fourth-order valence-electron chi connectivity index (χ4n) is 3.05. The Hall–Kier alpha value is -0.560. The summed E-state index contributed by atoms with van der Waals surface area (Å²) in [5.74, 6) is 0.835. The second kappa shape index (κ2) is 12.0. The molecule has 1 amide bonds. The average Bonchev–Trinajstić information content (AvgIpc) is 3.40. The predicted octanol–water partition coefficient (Wildman–Crippen LogP) is 2.67. The lowest BCUT2D eigenvalue weighted by molar-refractivity contribution is -0.120. The summed E-state index contributed by atoms with van der Waals surface area (Å²) in [4.78, 5) is 14.4. The lowest BCUT2D eigenvalue weighted by atomic mass is 10.0. The molecule has 1 aromatic rings. The molecule has 8 heteroatoms. The van der Waals surface area contributed by atoms with Crippen LogP contribution in [0.2, 0.25) is 5.02 Å². The number of hydrogen-bond donors (Lipinski definition) is 2. The molecule has 1 heterocycles. The van der Waals surface area contributed by atoms with Crippen molar-refractivity contribution in [1.82, 2.24) is 15.5 Å². The first-order valence-corrected chi connectivity index (χ1v) is 9.15. The fraction of sp³-hybridized carbons (Fsp3) is 0.611. The molecular weight excluding hydrogens is 397 g/mol. The van der Waals surface area contributed by atoms with Crippen LogP contribution in [0.25, 0.3) is 0 Å². The summed E-state index contributed by atoms with van der Waals surface area (Å²) in [6.45, 7) is 5.13. The molecular formula is C18H28Cl3N3O2. The molecule has 2 aliphatic rings. The van der Waals surface area contributed by atoms with Gasteiger partial charge >= 0.3 is 0 Å². The van der Waals surface area contributed by atoms with Crippen LogP contribution in [0.1, 0.15) is 24.4 Å². The van der Waals surface area contributed by atoms with E-state index in [1.807, 2.05) is 18.2 Å². The van der Waals surface area contributed by atoms with Crippen LogP contribution in [0.3, 0.4) is 0 Å². The highest BCUT2D eigenvalue weighted by Gasteiger charge is 2.24. The fourth-order valence-corrected chi connectivity index (χ4v) is 3.24. The van der Waals surface area contributed by atoms with E-state index >= 15 is 0 Å². The number of carbonyl (C=O) groups excluding carboxylic acids is 1. The number of nitrogens with one attached hydrogen (secondary N) is 2. The molecule has 1 aliphatic heterocycles. The van der Waals surface area contributed by atoms with Gasteiger partial charge in [-0.15, -0.1) is 24.8 Å². The highest BCUT2D eigenvalue weighted by Crippen LogP contribution is 2.27. The summed E-state index contributed by atoms with van der Waals surface area (Å²) >= 11 is 6.15. The molecule has 1 aliphatic carbocycles. The van der Waals surface area contributed by atoms with Gasteiger partial charge in [0, 0.05) is 24.7 Å². The van der Waals surface area contributed by atoms with Crippen LogP contribution in [0, 0.1) is 5.92 Å². The third kappa shape index (κ3) is 7.59. The number of hydrogen-bond acceptors (Lipinski definition) is 4. The molecule has 0 aromatic heterocycles. The van der Waals surface area contributed by atoms with E-state index in [-0.39, 0.29) is 36.8 Å². The van der Waals surface area contributed by atoms with Crippen LogP contribution < -0.4 is 10.6 Å². The molecule has 1 saturated heterocycles. The molecule has 1 aromatic carbocycles. The second-order valence-electron chi connectivity index (χ2n) is 6.60. The van der Waals surface area contributed by atoms with Crippen molar-refractivity contribution in [2.45, 2.75) is 18.9 Å². The van der Waals surface area contributed by atoms with Gasteiger partial charge in [0.25, 0.3) is 0 Å². The van der Waals surface area contributed by atoms with Gasteiger partial charge in [0.05, 0.1) is 25.8 Å². The van der Waals surface area contributed by atoms with Crippen molar-refractivity contribution in [3.05, 3.63) is 34.9 Å². The van der Waals surface area contributed by atoms with Crippen molar-refractivity contribution >= 4 is 42.3 Å². The van der Waals surface area contributed by atoms with Crippen molar-refractivity contribution in [3.8, 4) is 0 Å². The summed E-state index contributed by atoms with van der Waals surface area (Å²) < 4.78 is 5.45. The third-order valence-corrected chi connectivity index (χ3v) is 4.86. The van der Waals surface area contributed by atoms with Gasteiger partial charge in [-0.25, -0.2) is 0 Å². The third-order valence-electron chi connectivity index (χ3n) is 4.63. The van der Waals surface area contributed by atoms with E-state index in [4.69, 9.17) is 16.3 Å². The van der Waals surface area contributed by atoms with E-state index in [1.54, 1.807) is 0 Å². The minimum absolute atomic E-state index is 0. The van der Waals surface area contributed by atoms with Crippen molar-refractivity contribution in [2.24, 2.45) is 5.92 Å². The molecule has 26 heavy (non-hydrogen) atoms. The maximum Gasteiger partial charge on any atom is 0.234 e. The lowest BCUT2D eigenvalue weighted by Gasteiger charge is -2.35. The Morgan fingerprint density at radius 2 is 2.00 bits per heavy atom. The summed E-state index contributed by atoms with van der Waals surface area (Å²) in [5, 5.41) is 7.02. The number of carbonyl (C=O) groups is 1. The van der Waals surface area contributed by atoms with Crippen LogP contribution in [0.5, 0.6) is 0 Å². The van der Waals surface area contributed by atoms with Crippen LogP contribution >= 0.6 is 36.4 Å². The summed E-state index contributed by atoms with van der Waals surface area (Å²) in [5.41, 5.74) is 1.13. The van der Waals surface area contributed by atoms with Crippen molar-refractivity contribution in [2.75, 3.05) is 45.9 Å². The minimum Gasteiger partial charge on any atom is -0.379 e. The summed E-state index contributed by atoms with van der Waals surface area (Å²) in [6, 6.07) is 8.02. The minimum atomic E-state index is 0. The van der Waals surface area contributed by atoms with Crippen molar-refractivity contribution in [3.63, 3.8) is 0 Å². The van der Waals surface area contributed by atoms with E-state index < -0.39 is 0 Å². The van der Waals surface area contributed by atoms with Gasteiger partial charge in [0.1, 0.15) is 0 Å². The first-order chi connectivity index (χ1) is 11.7. The number of halogens is 3. The lowest BCUT2D eigenvalue weighted by Crippen LogP contribution is -2.45. The van der Waals surface area contributed by atoms with E-state index in [9.17, 15) is 4.79 Å². The van der Waals surface area contributed by atoms with Gasteiger partial charge < -0.3 is 15.4 Å². The molecule has 148 valence electrons. The van der Waals surface area contributed by atoms with E-state index in [0.717, 1.165) is 49.4 Å². The van der Waals surface area contributed by atoms with E-state index in [1.165, 1.54) is 12.8 Å². The van der Waals surface area contributed by atoms with E-state index in [2.05, 4.69) is 21.6 Å². The zero-order valence-electron chi connectivity index (χ0n) is 14.8. The highest BCUT2D eigenvalue weighted by molar-refractivity contribution is 6.30. The molecule has 1 unspecified atom stereocenters. The molecule has 3 rings (SSSR count). The van der Waals surface area contributed by atoms with Gasteiger partial charge in [-0.3, -0.25) is 9.69 Å². The average molecular weight is 425 g/mol. The topological polar surface area (TPSA) is 53.6 Å². The Balaban J connectivity index is 0.00000169. The zero-order valence-corrected chi connectivity index (χ0v) is 17.2. The number of morpholine rings is 1. The Labute approximate surface area is 173 Å². The van der Waals surface area contributed by atoms with E-state index in [0.29, 0.717) is 13.1 Å². The Kier molecular flexibility index (Phi) is 10.8. The first kappa shape index (κ1) is 23.5. The van der Waals surface area contributed by atoms with Crippen molar-refractivity contribution in [1.29, 1.82) is 0 Å². The molecule has 1 atom stereocenters. The number of rotatable bonds is 8. The molecule has 0 bridgehead atoms. The van der Waals surface area contributed by atoms with Gasteiger partial charge in [-0.2, -0.15) is 0 Å². The molecule has 2 fully saturated rings. The van der Waals surface area contributed by atoms with Gasteiger partial charge in [-0.05, 0) is 43.0 Å². The molecule has 2 N–H and O–H groups in total. The predicted molar refractivity (Wildman–Crippen MR) is 110 cm³/mol. The standard InChI is InChI=1S/C18H26ClN3O2.2ClH/c19-16-3-1-2-15(10-16)17(22-6-8-24-9-7-22)12-21-18(23)13-20-11-14-4-5-14;;/h1-3,10,14,17,20H,4-9,11-13H2,(H,21,23);2*1H. The van der Waals surface area contributed by atoms with Gasteiger partial charge in [-0.1, -0.05) is 23.7 Å².